The topological polar surface area (TPSA) is 82.1 Å². The number of amidine groups is 1. The summed E-state index contributed by atoms with van der Waals surface area (Å²) in [6.45, 7) is 4.98. The fourth-order valence-corrected chi connectivity index (χ4v) is 2.35. The van der Waals surface area contributed by atoms with Gasteiger partial charge < -0.3 is 10.6 Å². The molecule has 0 spiro atoms. The van der Waals surface area contributed by atoms with Crippen LogP contribution in [-0.2, 0) is 0 Å². The highest BCUT2D eigenvalue weighted by atomic mass is 15.3. The molecule has 1 aliphatic heterocycles. The van der Waals surface area contributed by atoms with Crippen LogP contribution in [0.2, 0.25) is 0 Å². The van der Waals surface area contributed by atoms with Gasteiger partial charge in [-0.2, -0.15) is 5.10 Å². The van der Waals surface area contributed by atoms with Gasteiger partial charge in [-0.1, -0.05) is 6.92 Å². The van der Waals surface area contributed by atoms with Crippen molar-refractivity contribution in [2.75, 3.05) is 31.6 Å². The van der Waals surface area contributed by atoms with E-state index in [1.54, 1.807) is 12.3 Å². The maximum atomic E-state index is 7.60. The summed E-state index contributed by atoms with van der Waals surface area (Å²) in [6.07, 6.45) is 2.68. The minimum absolute atomic E-state index is 0.0480. The van der Waals surface area contributed by atoms with Crippen LogP contribution < -0.4 is 10.6 Å². The summed E-state index contributed by atoms with van der Waals surface area (Å²) < 4.78 is 0. The highest BCUT2D eigenvalue weighted by Crippen LogP contribution is 2.20. The van der Waals surface area contributed by atoms with Gasteiger partial charge >= 0.3 is 0 Å². The average Bonchev–Trinajstić information content (AvgIpc) is 2.39. The number of nitrogens with zero attached hydrogens (tertiary/aromatic N) is 4. The normalized spacial score (nSPS) is 21.0. The molecular weight excluding hydrogens is 228 g/mol. The summed E-state index contributed by atoms with van der Waals surface area (Å²) in [4.78, 5) is 4.54. The average molecular weight is 248 g/mol. The zero-order chi connectivity index (χ0) is 13.1. The van der Waals surface area contributed by atoms with Crippen LogP contribution in [0.1, 0.15) is 18.9 Å². The Kier molecular flexibility index (Phi) is 3.76. The zero-order valence-corrected chi connectivity index (χ0v) is 10.9. The molecule has 3 N–H and O–H groups in total. The first-order chi connectivity index (χ1) is 8.63. The SMILES string of the molecule is CCC1CN(c2nnccc2C(=N)N)CCN1C. The molecule has 2 rings (SSSR count). The molecule has 1 aliphatic rings. The van der Waals surface area contributed by atoms with Crippen LogP contribution >= 0.6 is 0 Å². The second kappa shape index (κ2) is 5.30. The van der Waals surface area contributed by atoms with Crippen LogP contribution in [0.5, 0.6) is 0 Å². The number of nitrogen functional groups attached to an aromatic ring is 1. The summed E-state index contributed by atoms with van der Waals surface area (Å²) in [5, 5.41) is 15.7. The lowest BCUT2D eigenvalue weighted by Gasteiger charge is -2.39. The molecule has 0 aromatic carbocycles. The highest BCUT2D eigenvalue weighted by molar-refractivity contribution is 5.99. The Labute approximate surface area is 107 Å². The summed E-state index contributed by atoms with van der Waals surface area (Å²) in [5.74, 6) is 0.781. The van der Waals surface area contributed by atoms with Gasteiger partial charge in [-0.15, -0.1) is 5.10 Å². The summed E-state index contributed by atoms with van der Waals surface area (Å²) in [6, 6.07) is 2.27. The Morgan fingerprint density at radius 1 is 1.56 bits per heavy atom. The van der Waals surface area contributed by atoms with Crippen molar-refractivity contribution in [2.24, 2.45) is 5.73 Å². The Bertz CT molecular complexity index is 432. The number of piperazine rings is 1. The molecule has 0 amide bonds. The fraction of sp³-hybridized carbons (Fsp3) is 0.583. The minimum atomic E-state index is 0.0480. The number of nitrogens with one attached hydrogen (secondary N) is 1. The molecule has 1 aromatic rings. The molecule has 1 atom stereocenters. The smallest absolute Gasteiger partial charge is 0.162 e. The van der Waals surface area contributed by atoms with Crippen molar-refractivity contribution in [3.8, 4) is 0 Å². The molecule has 98 valence electrons. The lowest BCUT2D eigenvalue weighted by molar-refractivity contribution is 0.212. The Balaban J connectivity index is 2.24. The van der Waals surface area contributed by atoms with E-state index >= 15 is 0 Å². The lowest BCUT2D eigenvalue weighted by atomic mass is 10.1. The van der Waals surface area contributed by atoms with E-state index in [2.05, 4.69) is 34.0 Å². The largest absolute Gasteiger partial charge is 0.384 e. The zero-order valence-electron chi connectivity index (χ0n) is 10.9. The van der Waals surface area contributed by atoms with Crippen molar-refractivity contribution < 1.29 is 0 Å². The number of aromatic nitrogens is 2. The van der Waals surface area contributed by atoms with E-state index in [0.717, 1.165) is 31.9 Å². The summed E-state index contributed by atoms with van der Waals surface area (Å²) >= 11 is 0. The van der Waals surface area contributed by atoms with E-state index in [1.165, 1.54) is 0 Å². The van der Waals surface area contributed by atoms with Crippen molar-refractivity contribution in [1.29, 1.82) is 5.41 Å². The van der Waals surface area contributed by atoms with Crippen LogP contribution in [0.15, 0.2) is 12.3 Å². The van der Waals surface area contributed by atoms with Crippen LogP contribution in [0.3, 0.4) is 0 Å². The van der Waals surface area contributed by atoms with Crippen LogP contribution in [-0.4, -0.2) is 53.7 Å². The van der Waals surface area contributed by atoms with Gasteiger partial charge in [0.15, 0.2) is 5.82 Å². The van der Waals surface area contributed by atoms with E-state index in [0.29, 0.717) is 11.6 Å². The van der Waals surface area contributed by atoms with E-state index in [4.69, 9.17) is 11.1 Å². The van der Waals surface area contributed by atoms with Gasteiger partial charge in [0, 0.05) is 25.7 Å². The van der Waals surface area contributed by atoms with Gasteiger partial charge in [0.05, 0.1) is 11.8 Å². The summed E-state index contributed by atoms with van der Waals surface area (Å²) in [5.41, 5.74) is 6.26. The molecule has 2 heterocycles. The minimum Gasteiger partial charge on any atom is -0.384 e. The third-order valence-corrected chi connectivity index (χ3v) is 3.54. The molecule has 6 heteroatoms. The highest BCUT2D eigenvalue weighted by Gasteiger charge is 2.25. The van der Waals surface area contributed by atoms with Gasteiger partial charge in [-0.3, -0.25) is 10.3 Å². The first-order valence-corrected chi connectivity index (χ1v) is 6.24. The third kappa shape index (κ3) is 2.43. The van der Waals surface area contributed by atoms with Crippen LogP contribution in [0.25, 0.3) is 0 Å². The Hall–Kier alpha value is -1.69. The van der Waals surface area contributed by atoms with Crippen LogP contribution in [0, 0.1) is 5.41 Å². The van der Waals surface area contributed by atoms with E-state index < -0.39 is 0 Å². The predicted octanol–water partition coefficient (Wildman–Crippen LogP) is 0.291. The Morgan fingerprint density at radius 2 is 2.33 bits per heavy atom. The fourth-order valence-electron chi connectivity index (χ4n) is 2.35. The van der Waals surface area contributed by atoms with E-state index in [-0.39, 0.29) is 5.84 Å². The molecule has 1 unspecified atom stereocenters. The van der Waals surface area contributed by atoms with Crippen LogP contribution in [0.4, 0.5) is 5.82 Å². The number of rotatable bonds is 3. The molecule has 6 nitrogen and oxygen atoms in total. The van der Waals surface area contributed by atoms with E-state index in [9.17, 15) is 0 Å². The molecule has 0 aliphatic carbocycles. The molecular formula is C12H20N6. The lowest BCUT2D eigenvalue weighted by Crippen LogP contribution is -2.51. The van der Waals surface area contributed by atoms with Crippen molar-refractivity contribution in [3.05, 3.63) is 17.8 Å². The third-order valence-electron chi connectivity index (χ3n) is 3.54. The number of hydrogen-bond donors (Lipinski definition) is 2. The number of hydrogen-bond acceptors (Lipinski definition) is 5. The van der Waals surface area contributed by atoms with Crippen molar-refractivity contribution in [1.82, 2.24) is 15.1 Å². The monoisotopic (exact) mass is 248 g/mol. The van der Waals surface area contributed by atoms with Gasteiger partial charge in [0.25, 0.3) is 0 Å². The second-order valence-corrected chi connectivity index (χ2v) is 4.67. The summed E-state index contributed by atoms with van der Waals surface area (Å²) in [7, 11) is 2.15. The molecule has 1 saturated heterocycles. The first-order valence-electron chi connectivity index (χ1n) is 6.24. The predicted molar refractivity (Wildman–Crippen MR) is 72.0 cm³/mol. The standard InChI is InChI=1S/C12H20N6/c1-3-9-8-18(7-6-17(9)2)12-10(11(13)14)4-5-15-16-12/h4-5,9H,3,6-8H2,1-2H3,(H3,13,14). The molecule has 18 heavy (non-hydrogen) atoms. The first kappa shape index (κ1) is 12.8. The number of nitrogens with two attached hydrogens (primary N) is 1. The Morgan fingerprint density at radius 3 is 3.00 bits per heavy atom. The van der Waals surface area contributed by atoms with Gasteiger partial charge in [0.2, 0.25) is 0 Å². The number of anilines is 1. The maximum Gasteiger partial charge on any atom is 0.162 e. The van der Waals surface area contributed by atoms with E-state index in [1.807, 2.05) is 0 Å². The van der Waals surface area contributed by atoms with Gasteiger partial charge in [-0.25, -0.2) is 0 Å². The molecule has 0 bridgehead atoms. The maximum absolute atomic E-state index is 7.60. The molecule has 1 aromatic heterocycles. The number of likely N-dealkylation sites (N-methyl/N-ethyl adjacent to an activating group) is 1. The molecule has 1 fully saturated rings. The quantitative estimate of drug-likeness (QED) is 0.593. The molecule has 0 saturated carbocycles. The molecule has 0 radical (unpaired) electrons. The second-order valence-electron chi connectivity index (χ2n) is 4.67. The van der Waals surface area contributed by atoms with Crippen molar-refractivity contribution in [2.45, 2.75) is 19.4 Å². The van der Waals surface area contributed by atoms with Gasteiger partial charge in [0.1, 0.15) is 5.84 Å². The van der Waals surface area contributed by atoms with Crippen molar-refractivity contribution in [3.63, 3.8) is 0 Å². The van der Waals surface area contributed by atoms with Gasteiger partial charge in [-0.05, 0) is 19.5 Å². The van der Waals surface area contributed by atoms with Crippen molar-refractivity contribution >= 4 is 11.7 Å².